The lowest BCUT2D eigenvalue weighted by atomic mass is 9.96. The molecule has 0 saturated heterocycles. The van der Waals surface area contributed by atoms with Crippen LogP contribution in [0.1, 0.15) is 48.5 Å². The van der Waals surface area contributed by atoms with Crippen LogP contribution in [-0.2, 0) is 19.1 Å². The first kappa shape index (κ1) is 32.8. The molecule has 1 atom stereocenters. The van der Waals surface area contributed by atoms with Crippen LogP contribution in [0.2, 0.25) is 0 Å². The summed E-state index contributed by atoms with van der Waals surface area (Å²) in [4.78, 5) is 70.7. The summed E-state index contributed by atoms with van der Waals surface area (Å²) < 4.78 is 17.5. The van der Waals surface area contributed by atoms with Gasteiger partial charge in [-0.3, -0.25) is 19.0 Å². The molecule has 12 nitrogen and oxygen atoms in total. The number of benzene rings is 2. The molecule has 6 rings (SSSR count). The summed E-state index contributed by atoms with van der Waals surface area (Å²) in [5, 5.41) is 0. The summed E-state index contributed by atoms with van der Waals surface area (Å²) >= 11 is 1.11. The fourth-order valence-corrected chi connectivity index (χ4v) is 6.38. The number of rotatable bonds is 7. The van der Waals surface area contributed by atoms with E-state index in [0.29, 0.717) is 33.7 Å². The highest BCUT2D eigenvalue weighted by Gasteiger charge is 2.37. The number of aromatic nitrogens is 1. The summed E-state index contributed by atoms with van der Waals surface area (Å²) in [6.45, 7) is 5.85. The molecule has 242 valence electrons. The van der Waals surface area contributed by atoms with Crippen molar-refractivity contribution in [3.8, 4) is 5.75 Å². The van der Waals surface area contributed by atoms with Crippen molar-refractivity contribution in [2.24, 2.45) is 4.99 Å². The number of hydrogen-bond acceptors (Lipinski definition) is 10. The van der Waals surface area contributed by atoms with Crippen LogP contribution >= 0.6 is 11.3 Å². The van der Waals surface area contributed by atoms with Crippen molar-refractivity contribution in [1.82, 2.24) is 9.47 Å². The van der Waals surface area contributed by atoms with E-state index in [1.165, 1.54) is 21.8 Å². The summed E-state index contributed by atoms with van der Waals surface area (Å²) in [5.41, 5.74) is 2.46. The van der Waals surface area contributed by atoms with Gasteiger partial charge in [-0.05, 0) is 56.7 Å². The SMILES string of the molecule is CCOC(=O)C1=C(C)N=c2s/c(=C3\C(=O)N(CC)c4ccccc43)c(=O)n2C1c1ccc(OC(=O)c2ccco2)cc1.CN(C)C=O. The molecule has 1 unspecified atom stereocenters. The maximum Gasteiger partial charge on any atom is 0.379 e. The Morgan fingerprint density at radius 3 is 2.34 bits per heavy atom. The Morgan fingerprint density at radius 1 is 1.02 bits per heavy atom. The van der Waals surface area contributed by atoms with Gasteiger partial charge in [0.15, 0.2) is 4.80 Å². The lowest BCUT2D eigenvalue weighted by molar-refractivity contribution is -0.139. The number of nitrogens with zero attached hydrogens (tertiary/aromatic N) is 4. The number of ether oxygens (including phenoxy) is 2. The molecule has 2 aliphatic heterocycles. The number of hydrogen-bond donors (Lipinski definition) is 0. The van der Waals surface area contributed by atoms with Gasteiger partial charge >= 0.3 is 11.9 Å². The number of carbonyl (C=O) groups is 4. The van der Waals surface area contributed by atoms with Crippen LogP contribution in [0.4, 0.5) is 5.69 Å². The zero-order valence-corrected chi connectivity index (χ0v) is 27.2. The number of thiazole rings is 1. The van der Waals surface area contributed by atoms with Crippen LogP contribution in [0.5, 0.6) is 5.75 Å². The van der Waals surface area contributed by atoms with Gasteiger partial charge in [0.2, 0.25) is 12.2 Å². The average Bonchev–Trinajstić information content (AvgIpc) is 3.77. The molecule has 0 radical (unpaired) electrons. The summed E-state index contributed by atoms with van der Waals surface area (Å²) in [6.07, 6.45) is 2.12. The number of amides is 2. The van der Waals surface area contributed by atoms with E-state index in [0.717, 1.165) is 23.4 Å². The number of carbonyl (C=O) groups excluding carboxylic acids is 4. The van der Waals surface area contributed by atoms with Crippen LogP contribution < -0.4 is 24.5 Å². The van der Waals surface area contributed by atoms with Gasteiger partial charge in [-0.2, -0.15) is 0 Å². The van der Waals surface area contributed by atoms with Gasteiger partial charge in [0.1, 0.15) is 10.3 Å². The maximum atomic E-state index is 14.2. The van der Waals surface area contributed by atoms with Crippen LogP contribution in [0, 0.1) is 0 Å². The van der Waals surface area contributed by atoms with Crippen LogP contribution in [0.3, 0.4) is 0 Å². The molecule has 2 aromatic heterocycles. The molecule has 0 saturated carbocycles. The lowest BCUT2D eigenvalue weighted by Crippen LogP contribution is -2.41. The van der Waals surface area contributed by atoms with Crippen molar-refractivity contribution < 1.29 is 33.1 Å². The largest absolute Gasteiger partial charge is 0.463 e. The van der Waals surface area contributed by atoms with Crippen molar-refractivity contribution in [3.05, 3.63) is 115 Å². The Hall–Kier alpha value is -5.56. The summed E-state index contributed by atoms with van der Waals surface area (Å²) in [6, 6.07) is 16.0. The fraction of sp³-hybridized carbons (Fsp3) is 0.235. The predicted octanol–water partition coefficient (Wildman–Crippen LogP) is 3.05. The van der Waals surface area contributed by atoms with Crippen molar-refractivity contribution in [2.75, 3.05) is 32.1 Å². The smallest absolute Gasteiger partial charge is 0.379 e. The Balaban J connectivity index is 0.000000807. The van der Waals surface area contributed by atoms with E-state index in [9.17, 15) is 24.0 Å². The molecule has 4 aromatic rings. The average molecular weight is 657 g/mol. The van der Waals surface area contributed by atoms with E-state index in [-0.39, 0.29) is 34.1 Å². The Morgan fingerprint density at radius 2 is 1.72 bits per heavy atom. The van der Waals surface area contributed by atoms with Crippen molar-refractivity contribution in [2.45, 2.75) is 26.8 Å². The molecule has 0 bridgehead atoms. The van der Waals surface area contributed by atoms with E-state index in [1.54, 1.807) is 63.2 Å². The first-order valence-electron chi connectivity index (χ1n) is 14.7. The molecule has 0 aliphatic carbocycles. The highest BCUT2D eigenvalue weighted by Crippen LogP contribution is 2.35. The van der Waals surface area contributed by atoms with Crippen LogP contribution in [0.15, 0.2) is 92.4 Å². The molecule has 2 amide bonds. The number of likely N-dealkylation sites (N-methyl/N-ethyl adjacent to an activating group) is 1. The molecule has 2 aromatic carbocycles. The fourth-order valence-electron chi connectivity index (χ4n) is 5.24. The van der Waals surface area contributed by atoms with E-state index in [1.807, 2.05) is 31.2 Å². The molecular weight excluding hydrogens is 624 g/mol. The Kier molecular flexibility index (Phi) is 9.66. The second kappa shape index (κ2) is 13.8. The van der Waals surface area contributed by atoms with Crippen molar-refractivity contribution in [1.29, 1.82) is 0 Å². The lowest BCUT2D eigenvalue weighted by Gasteiger charge is -2.24. The van der Waals surface area contributed by atoms with Gasteiger partial charge in [-0.15, -0.1) is 0 Å². The monoisotopic (exact) mass is 656 g/mol. The van der Waals surface area contributed by atoms with E-state index in [4.69, 9.17) is 13.9 Å². The van der Waals surface area contributed by atoms with Crippen LogP contribution in [-0.4, -0.2) is 61.0 Å². The molecule has 13 heteroatoms. The zero-order valence-electron chi connectivity index (χ0n) is 26.4. The third-order valence-corrected chi connectivity index (χ3v) is 8.35. The molecular formula is C34H32N4O8S. The Labute approximate surface area is 273 Å². The van der Waals surface area contributed by atoms with E-state index < -0.39 is 23.5 Å². The van der Waals surface area contributed by atoms with Crippen LogP contribution in [0.25, 0.3) is 5.57 Å². The summed E-state index contributed by atoms with van der Waals surface area (Å²) in [7, 11) is 3.38. The summed E-state index contributed by atoms with van der Waals surface area (Å²) in [5.74, 6) is -1.21. The molecule has 2 aliphatic rings. The first-order valence-corrected chi connectivity index (χ1v) is 15.5. The third-order valence-electron chi connectivity index (χ3n) is 7.30. The van der Waals surface area contributed by atoms with Gasteiger partial charge in [-0.25, -0.2) is 14.6 Å². The minimum absolute atomic E-state index is 0.0558. The van der Waals surface area contributed by atoms with E-state index >= 15 is 0 Å². The van der Waals surface area contributed by atoms with Gasteiger partial charge in [-0.1, -0.05) is 41.7 Å². The predicted molar refractivity (Wildman–Crippen MR) is 174 cm³/mol. The van der Waals surface area contributed by atoms with Crippen molar-refractivity contribution in [3.63, 3.8) is 0 Å². The molecule has 0 N–H and O–H groups in total. The normalized spacial score (nSPS) is 16.0. The minimum Gasteiger partial charge on any atom is -0.463 e. The number of fused-ring (bicyclic) bond motifs is 2. The first-order chi connectivity index (χ1) is 22.6. The molecule has 4 heterocycles. The number of allylic oxidation sites excluding steroid dienone is 1. The number of furan rings is 1. The zero-order chi connectivity index (χ0) is 33.8. The quantitative estimate of drug-likeness (QED) is 0.168. The van der Waals surface area contributed by atoms with Gasteiger partial charge in [0.25, 0.3) is 11.5 Å². The highest BCUT2D eigenvalue weighted by atomic mass is 32.1. The van der Waals surface area contributed by atoms with Gasteiger partial charge in [0.05, 0.1) is 41.4 Å². The highest BCUT2D eigenvalue weighted by molar-refractivity contribution is 7.07. The number of esters is 2. The number of anilines is 1. The Bertz CT molecular complexity index is 2060. The van der Waals surface area contributed by atoms with E-state index in [2.05, 4.69) is 4.99 Å². The standard InChI is InChI=1S/C31H25N3O7S.C3H7NO/c1-4-33-21-10-7-6-9-20(21)24(27(33)35)26-28(36)34-25(23(30(38)39-5-2)17(3)32-31(34)42-26)18-12-14-19(15-13-18)41-29(37)22-11-8-16-40-22;1-4(2)3-5/h6-16,25H,4-5H2,1-3H3;3H,1-2H3/b26-24-;. The van der Waals surface area contributed by atoms with Gasteiger partial charge < -0.3 is 23.7 Å². The topological polar surface area (TPSA) is 141 Å². The molecule has 47 heavy (non-hydrogen) atoms. The van der Waals surface area contributed by atoms with Crippen molar-refractivity contribution >= 4 is 46.9 Å². The second-order valence-corrected chi connectivity index (χ2v) is 11.5. The minimum atomic E-state index is -0.890. The molecule has 0 spiro atoms. The van der Waals surface area contributed by atoms with Gasteiger partial charge in [0, 0.05) is 26.2 Å². The number of para-hydroxylation sites is 1. The third kappa shape index (κ3) is 6.29. The second-order valence-electron chi connectivity index (χ2n) is 10.6. The molecule has 0 fully saturated rings. The maximum absolute atomic E-state index is 14.2.